The predicted molar refractivity (Wildman–Crippen MR) is 54.2 cm³/mol. The van der Waals surface area contributed by atoms with Crippen molar-refractivity contribution in [2.45, 2.75) is 45.1 Å². The molecule has 2 unspecified atom stereocenters. The predicted octanol–water partition coefficient (Wildman–Crippen LogP) is 1.16. The fraction of sp³-hybridized carbons (Fsp3) is 0.818. The zero-order chi connectivity index (χ0) is 11.1. The molecule has 4 nitrogen and oxygen atoms in total. The van der Waals surface area contributed by atoms with E-state index < -0.39 is 11.4 Å². The molecule has 0 radical (unpaired) electrons. The van der Waals surface area contributed by atoms with Gasteiger partial charge < -0.3 is 10.4 Å². The Balaban J connectivity index is 1.84. The van der Waals surface area contributed by atoms with E-state index in [-0.39, 0.29) is 12.3 Å². The largest absolute Gasteiger partial charge is 0.481 e. The minimum atomic E-state index is -0.812. The summed E-state index contributed by atoms with van der Waals surface area (Å²) in [6, 6.07) is 0.295. The summed E-state index contributed by atoms with van der Waals surface area (Å²) in [6.07, 6.45) is 3.42. The second-order valence-electron chi connectivity index (χ2n) is 5.00. The Labute approximate surface area is 89.0 Å². The lowest BCUT2D eigenvalue weighted by molar-refractivity contribution is -0.157. The Morgan fingerprint density at radius 3 is 2.40 bits per heavy atom. The van der Waals surface area contributed by atoms with Gasteiger partial charge in [-0.15, -0.1) is 0 Å². The molecule has 84 valence electrons. The number of carbonyl (C=O) groups is 2. The molecule has 0 aromatic heterocycles. The highest BCUT2D eigenvalue weighted by Gasteiger charge is 2.46. The van der Waals surface area contributed by atoms with Crippen LogP contribution < -0.4 is 5.32 Å². The van der Waals surface area contributed by atoms with Gasteiger partial charge in [-0.2, -0.15) is 0 Å². The molecule has 0 aromatic carbocycles. The second kappa shape index (κ2) is 3.51. The van der Waals surface area contributed by atoms with Crippen LogP contribution in [0.1, 0.15) is 39.0 Å². The third-order valence-electron chi connectivity index (χ3n) is 3.72. The summed E-state index contributed by atoms with van der Waals surface area (Å²) < 4.78 is 0. The smallest absolute Gasteiger partial charge is 0.310 e. The van der Waals surface area contributed by atoms with Crippen molar-refractivity contribution in [1.82, 2.24) is 5.32 Å². The molecule has 2 saturated carbocycles. The van der Waals surface area contributed by atoms with Crippen molar-refractivity contribution >= 4 is 11.9 Å². The number of rotatable bonds is 4. The van der Waals surface area contributed by atoms with E-state index >= 15 is 0 Å². The molecular formula is C11H17NO3. The molecule has 2 atom stereocenters. The van der Waals surface area contributed by atoms with E-state index in [2.05, 4.69) is 12.2 Å². The number of hydrogen-bond donors (Lipinski definition) is 2. The summed E-state index contributed by atoms with van der Waals surface area (Å²) in [5.41, 5.74) is -0.748. The van der Waals surface area contributed by atoms with Crippen LogP contribution in [-0.4, -0.2) is 23.0 Å². The number of carbonyl (C=O) groups excluding carboxylic acids is 1. The van der Waals surface area contributed by atoms with Crippen molar-refractivity contribution in [3.05, 3.63) is 0 Å². The molecule has 2 fully saturated rings. The number of carboxylic acid groups (broad SMARTS) is 1. The van der Waals surface area contributed by atoms with Crippen molar-refractivity contribution in [1.29, 1.82) is 0 Å². The summed E-state index contributed by atoms with van der Waals surface area (Å²) in [5, 5.41) is 11.9. The fourth-order valence-corrected chi connectivity index (χ4v) is 2.16. The van der Waals surface area contributed by atoms with Crippen LogP contribution in [0.15, 0.2) is 0 Å². The average molecular weight is 211 g/mol. The molecule has 2 aliphatic carbocycles. The lowest BCUT2D eigenvalue weighted by atomic mass is 9.66. The molecule has 0 heterocycles. The minimum Gasteiger partial charge on any atom is -0.481 e. The molecular weight excluding hydrogens is 194 g/mol. The first kappa shape index (κ1) is 10.5. The molecule has 0 aliphatic heterocycles. The van der Waals surface area contributed by atoms with Crippen molar-refractivity contribution in [3.8, 4) is 0 Å². The van der Waals surface area contributed by atoms with Crippen LogP contribution in [0.4, 0.5) is 0 Å². The van der Waals surface area contributed by atoms with E-state index in [0.29, 0.717) is 24.8 Å². The van der Waals surface area contributed by atoms with Crippen LogP contribution in [0.5, 0.6) is 0 Å². The second-order valence-corrected chi connectivity index (χ2v) is 5.00. The van der Waals surface area contributed by atoms with Gasteiger partial charge in [-0.3, -0.25) is 9.59 Å². The van der Waals surface area contributed by atoms with Gasteiger partial charge in [0, 0.05) is 12.5 Å². The van der Waals surface area contributed by atoms with Crippen LogP contribution in [0.3, 0.4) is 0 Å². The van der Waals surface area contributed by atoms with Crippen LogP contribution in [0.2, 0.25) is 0 Å². The van der Waals surface area contributed by atoms with Gasteiger partial charge in [0.05, 0.1) is 5.41 Å². The number of amides is 1. The van der Waals surface area contributed by atoms with Gasteiger partial charge in [0.2, 0.25) is 5.91 Å². The van der Waals surface area contributed by atoms with Crippen LogP contribution >= 0.6 is 0 Å². The SMILES string of the molecule is CC1CC1NC(=O)CC1(C(=O)O)CCC1. The van der Waals surface area contributed by atoms with E-state index in [1.165, 1.54) is 0 Å². The molecule has 0 aromatic rings. The fourth-order valence-electron chi connectivity index (χ4n) is 2.16. The number of hydrogen-bond acceptors (Lipinski definition) is 2. The molecule has 2 rings (SSSR count). The first-order chi connectivity index (χ1) is 7.03. The van der Waals surface area contributed by atoms with Crippen LogP contribution in [0, 0.1) is 11.3 Å². The summed E-state index contributed by atoms with van der Waals surface area (Å²) in [7, 11) is 0. The third kappa shape index (κ3) is 1.98. The molecule has 0 bridgehead atoms. The highest BCUT2D eigenvalue weighted by Crippen LogP contribution is 2.44. The van der Waals surface area contributed by atoms with E-state index in [4.69, 9.17) is 5.11 Å². The van der Waals surface area contributed by atoms with Crippen LogP contribution in [-0.2, 0) is 9.59 Å². The topological polar surface area (TPSA) is 66.4 Å². The van der Waals surface area contributed by atoms with E-state index in [1.807, 2.05) is 0 Å². The first-order valence-corrected chi connectivity index (χ1v) is 5.56. The summed E-state index contributed by atoms with van der Waals surface area (Å²) in [4.78, 5) is 22.6. The van der Waals surface area contributed by atoms with E-state index in [9.17, 15) is 9.59 Å². The monoisotopic (exact) mass is 211 g/mol. The van der Waals surface area contributed by atoms with Gasteiger partial charge in [0.25, 0.3) is 0 Å². The standard InChI is InChI=1S/C11H17NO3/c1-7-5-8(7)12-9(13)6-11(10(14)15)3-2-4-11/h7-8H,2-6H2,1H3,(H,12,13)(H,14,15). The maximum atomic E-state index is 11.6. The number of nitrogens with one attached hydrogen (secondary N) is 1. The molecule has 2 aliphatic rings. The zero-order valence-electron chi connectivity index (χ0n) is 8.95. The lowest BCUT2D eigenvalue weighted by Gasteiger charge is -2.36. The Morgan fingerprint density at radius 2 is 2.07 bits per heavy atom. The van der Waals surface area contributed by atoms with Gasteiger partial charge in [0.1, 0.15) is 0 Å². The summed E-state index contributed by atoms with van der Waals surface area (Å²) in [6.45, 7) is 2.08. The third-order valence-corrected chi connectivity index (χ3v) is 3.72. The molecule has 0 spiro atoms. The summed E-state index contributed by atoms with van der Waals surface area (Å²) >= 11 is 0. The maximum Gasteiger partial charge on any atom is 0.310 e. The van der Waals surface area contributed by atoms with Gasteiger partial charge in [-0.25, -0.2) is 0 Å². The van der Waals surface area contributed by atoms with Gasteiger partial charge >= 0.3 is 5.97 Å². The van der Waals surface area contributed by atoms with Crippen molar-refractivity contribution in [2.24, 2.45) is 11.3 Å². The van der Waals surface area contributed by atoms with Gasteiger partial charge in [-0.05, 0) is 25.2 Å². The molecule has 2 N–H and O–H groups in total. The lowest BCUT2D eigenvalue weighted by Crippen LogP contribution is -2.43. The van der Waals surface area contributed by atoms with Gasteiger partial charge in [-0.1, -0.05) is 13.3 Å². The minimum absolute atomic E-state index is 0.0912. The maximum absolute atomic E-state index is 11.6. The Bertz CT molecular complexity index is 296. The number of aliphatic carboxylic acids is 1. The highest BCUT2D eigenvalue weighted by molar-refractivity contribution is 5.85. The highest BCUT2D eigenvalue weighted by atomic mass is 16.4. The van der Waals surface area contributed by atoms with E-state index in [1.54, 1.807) is 0 Å². The van der Waals surface area contributed by atoms with Crippen LogP contribution in [0.25, 0.3) is 0 Å². The Kier molecular flexibility index (Phi) is 2.44. The molecule has 4 heteroatoms. The Morgan fingerprint density at radius 1 is 1.47 bits per heavy atom. The van der Waals surface area contributed by atoms with E-state index in [0.717, 1.165) is 12.8 Å². The average Bonchev–Trinajstić information content (AvgIpc) is 2.73. The first-order valence-electron chi connectivity index (χ1n) is 5.56. The molecule has 15 heavy (non-hydrogen) atoms. The quantitative estimate of drug-likeness (QED) is 0.733. The molecule has 1 amide bonds. The Hall–Kier alpha value is -1.06. The normalized spacial score (nSPS) is 31.5. The number of carboxylic acids is 1. The summed E-state index contributed by atoms with van der Waals surface area (Å²) in [5.74, 6) is -0.338. The van der Waals surface area contributed by atoms with Gasteiger partial charge in [0.15, 0.2) is 0 Å². The van der Waals surface area contributed by atoms with Crippen molar-refractivity contribution < 1.29 is 14.7 Å². The molecule has 0 saturated heterocycles. The van der Waals surface area contributed by atoms with Crippen molar-refractivity contribution in [3.63, 3.8) is 0 Å². The van der Waals surface area contributed by atoms with Crippen molar-refractivity contribution in [2.75, 3.05) is 0 Å². The zero-order valence-corrected chi connectivity index (χ0v) is 8.95.